The number of ether oxygens (including phenoxy) is 1. The van der Waals surface area contributed by atoms with E-state index in [9.17, 15) is 0 Å². The zero-order valence-electron chi connectivity index (χ0n) is 8.28. The lowest BCUT2D eigenvalue weighted by atomic mass is 10.3. The van der Waals surface area contributed by atoms with Gasteiger partial charge in [-0.2, -0.15) is 0 Å². The van der Waals surface area contributed by atoms with Crippen molar-refractivity contribution in [3.05, 3.63) is 0 Å². The molecular formula is C8H17NO3Si. The molecule has 5 heteroatoms. The van der Waals surface area contributed by atoms with E-state index in [2.05, 4.69) is 18.5 Å². The van der Waals surface area contributed by atoms with Gasteiger partial charge in [-0.25, -0.2) is 0 Å². The van der Waals surface area contributed by atoms with Gasteiger partial charge >= 0.3 is 8.56 Å². The van der Waals surface area contributed by atoms with Gasteiger partial charge in [-0.05, 0) is 13.6 Å². The quantitative estimate of drug-likeness (QED) is 0.518. The van der Waals surface area contributed by atoms with Crippen LogP contribution in [0, 0.1) is 0 Å². The van der Waals surface area contributed by atoms with Crippen LogP contribution in [0.2, 0.25) is 6.55 Å². The fraction of sp³-hybridized carbons (Fsp3) is 1.00. The molecule has 4 nitrogen and oxygen atoms in total. The van der Waals surface area contributed by atoms with Gasteiger partial charge in [0.05, 0.1) is 18.9 Å². The maximum Gasteiger partial charge on any atom is 0.362 e. The molecule has 0 N–H and O–H groups in total. The summed E-state index contributed by atoms with van der Waals surface area (Å²) < 4.78 is 17.2. The molecule has 2 rings (SSSR count). The highest BCUT2D eigenvalue weighted by Crippen LogP contribution is 2.19. The number of hydrogen-bond donors (Lipinski definition) is 0. The van der Waals surface area contributed by atoms with Gasteiger partial charge in [-0.3, -0.25) is 0 Å². The standard InChI is InChI=1S/C8H17NO3Si/c1-9-3-4-11-13(2)7-10-6-8(5-9)12-13/h8H,3-7H2,1-2H3. The summed E-state index contributed by atoms with van der Waals surface area (Å²) in [6.07, 6.45) is 0.906. The van der Waals surface area contributed by atoms with Gasteiger partial charge in [0.1, 0.15) is 0 Å². The van der Waals surface area contributed by atoms with E-state index in [1.165, 1.54) is 0 Å². The Morgan fingerprint density at radius 3 is 3.15 bits per heavy atom. The minimum Gasteiger partial charge on any atom is -0.392 e. The van der Waals surface area contributed by atoms with Gasteiger partial charge in [0.15, 0.2) is 0 Å². The van der Waals surface area contributed by atoms with Gasteiger partial charge in [0, 0.05) is 19.7 Å². The summed E-state index contributed by atoms with van der Waals surface area (Å²) in [5.41, 5.74) is 0. The summed E-state index contributed by atoms with van der Waals surface area (Å²) in [7, 11) is 0.141. The summed E-state index contributed by atoms with van der Waals surface area (Å²) in [6, 6.07) is 0. The minimum absolute atomic E-state index is 0.218. The van der Waals surface area contributed by atoms with Crippen LogP contribution in [0.5, 0.6) is 0 Å². The van der Waals surface area contributed by atoms with Crippen LogP contribution in [-0.2, 0) is 13.6 Å². The number of nitrogens with zero attached hydrogens (tertiary/aromatic N) is 1. The van der Waals surface area contributed by atoms with Crippen molar-refractivity contribution in [2.45, 2.75) is 12.7 Å². The third-order valence-corrected chi connectivity index (χ3v) is 4.85. The Kier molecular flexibility index (Phi) is 2.71. The molecule has 0 aromatic rings. The molecule has 2 aliphatic heterocycles. The molecule has 0 aliphatic carbocycles. The van der Waals surface area contributed by atoms with Crippen LogP contribution in [0.3, 0.4) is 0 Å². The van der Waals surface area contributed by atoms with Gasteiger partial charge in [-0.1, -0.05) is 0 Å². The van der Waals surface area contributed by atoms with E-state index in [0.29, 0.717) is 6.23 Å². The molecule has 0 spiro atoms. The van der Waals surface area contributed by atoms with Crippen molar-refractivity contribution < 1.29 is 13.6 Å². The van der Waals surface area contributed by atoms with Crippen molar-refractivity contribution in [3.8, 4) is 0 Å². The normalized spacial score (nSPS) is 42.5. The summed E-state index contributed by atoms with van der Waals surface area (Å²) in [5, 5.41) is 0. The van der Waals surface area contributed by atoms with Crippen molar-refractivity contribution in [1.82, 2.24) is 4.90 Å². The van der Waals surface area contributed by atoms with E-state index in [1.807, 2.05) is 0 Å². The lowest BCUT2D eigenvalue weighted by molar-refractivity contribution is -0.0428. The third kappa shape index (κ3) is 2.29. The molecule has 2 fully saturated rings. The molecule has 2 atom stereocenters. The third-order valence-electron chi connectivity index (χ3n) is 2.48. The van der Waals surface area contributed by atoms with Gasteiger partial charge in [0.2, 0.25) is 0 Å². The molecule has 76 valence electrons. The van der Waals surface area contributed by atoms with Crippen LogP contribution in [-0.4, -0.2) is 59.1 Å². The lowest BCUT2D eigenvalue weighted by Crippen LogP contribution is -2.57. The molecule has 0 aromatic carbocycles. The minimum atomic E-state index is -1.95. The van der Waals surface area contributed by atoms with Crippen LogP contribution in [0.4, 0.5) is 0 Å². The van der Waals surface area contributed by atoms with E-state index in [0.717, 1.165) is 26.3 Å². The first-order chi connectivity index (χ1) is 6.18. The van der Waals surface area contributed by atoms with Gasteiger partial charge < -0.3 is 18.5 Å². The van der Waals surface area contributed by atoms with Crippen molar-refractivity contribution in [2.24, 2.45) is 0 Å². The van der Waals surface area contributed by atoms with Crippen molar-refractivity contribution in [3.63, 3.8) is 0 Å². The monoisotopic (exact) mass is 203 g/mol. The molecule has 2 heterocycles. The second kappa shape index (κ2) is 3.66. The van der Waals surface area contributed by atoms with E-state index in [4.69, 9.17) is 13.6 Å². The molecule has 2 bridgehead atoms. The number of fused-ring (bicyclic) bond motifs is 2. The summed E-state index contributed by atoms with van der Waals surface area (Å²) in [6.45, 7) is 5.55. The zero-order chi connectivity index (χ0) is 9.31. The Balaban J connectivity index is 2.02. The van der Waals surface area contributed by atoms with Crippen molar-refractivity contribution >= 4 is 8.56 Å². The molecule has 2 saturated heterocycles. The second-order valence-electron chi connectivity index (χ2n) is 4.00. The molecule has 0 aromatic heterocycles. The molecule has 0 radical (unpaired) electrons. The Morgan fingerprint density at radius 2 is 2.31 bits per heavy atom. The van der Waals surface area contributed by atoms with E-state index >= 15 is 0 Å². The first kappa shape index (κ1) is 9.61. The average molecular weight is 203 g/mol. The first-order valence-electron chi connectivity index (χ1n) is 4.76. The SMILES string of the molecule is CN1CCO[Si]2(C)COCC(C1)O2. The Morgan fingerprint density at radius 1 is 1.46 bits per heavy atom. The molecule has 0 saturated carbocycles. The number of rotatable bonds is 0. The molecular weight excluding hydrogens is 186 g/mol. The fourth-order valence-corrected chi connectivity index (χ4v) is 3.90. The van der Waals surface area contributed by atoms with Crippen molar-refractivity contribution in [1.29, 1.82) is 0 Å². The Hall–Kier alpha value is 0.0569. The maximum absolute atomic E-state index is 5.94. The molecule has 2 unspecified atom stereocenters. The molecule has 13 heavy (non-hydrogen) atoms. The maximum atomic E-state index is 5.94. The van der Waals surface area contributed by atoms with Crippen LogP contribution >= 0.6 is 0 Å². The highest BCUT2D eigenvalue weighted by atomic mass is 28.4. The smallest absolute Gasteiger partial charge is 0.362 e. The Labute approximate surface area is 80.0 Å². The summed E-state index contributed by atoms with van der Waals surface area (Å²) in [5.74, 6) is 0. The molecule has 0 amide bonds. The van der Waals surface area contributed by atoms with Crippen LogP contribution in [0.1, 0.15) is 0 Å². The second-order valence-corrected chi connectivity index (χ2v) is 7.08. The number of hydrogen-bond acceptors (Lipinski definition) is 4. The largest absolute Gasteiger partial charge is 0.392 e. The lowest BCUT2D eigenvalue weighted by Gasteiger charge is -2.40. The first-order valence-corrected chi connectivity index (χ1v) is 7.28. The van der Waals surface area contributed by atoms with Crippen molar-refractivity contribution in [2.75, 3.05) is 39.6 Å². The number of likely N-dealkylation sites (N-methyl/N-ethyl adjacent to an activating group) is 1. The summed E-state index contributed by atoms with van der Waals surface area (Å²) in [4.78, 5) is 2.23. The van der Waals surface area contributed by atoms with Gasteiger partial charge in [-0.15, -0.1) is 0 Å². The van der Waals surface area contributed by atoms with Gasteiger partial charge in [0.25, 0.3) is 0 Å². The summed E-state index contributed by atoms with van der Waals surface area (Å²) >= 11 is 0. The van der Waals surface area contributed by atoms with Crippen LogP contribution < -0.4 is 0 Å². The fourth-order valence-electron chi connectivity index (χ4n) is 1.82. The van der Waals surface area contributed by atoms with Crippen LogP contribution in [0.15, 0.2) is 0 Å². The van der Waals surface area contributed by atoms with Crippen LogP contribution in [0.25, 0.3) is 0 Å². The average Bonchev–Trinajstić information content (AvgIpc) is 2.01. The highest BCUT2D eigenvalue weighted by molar-refractivity contribution is 6.66. The predicted molar refractivity (Wildman–Crippen MR) is 50.8 cm³/mol. The highest BCUT2D eigenvalue weighted by Gasteiger charge is 2.40. The topological polar surface area (TPSA) is 30.9 Å². The van der Waals surface area contributed by atoms with E-state index < -0.39 is 8.56 Å². The molecule has 2 aliphatic rings. The zero-order valence-corrected chi connectivity index (χ0v) is 9.28. The Bertz CT molecular complexity index is 192. The predicted octanol–water partition coefficient (Wildman–Crippen LogP) is -0.0250. The van der Waals surface area contributed by atoms with E-state index in [1.54, 1.807) is 0 Å². The van der Waals surface area contributed by atoms with E-state index in [-0.39, 0.29) is 6.10 Å².